The monoisotopic (exact) mass is 376 g/mol. The van der Waals surface area contributed by atoms with Crippen LogP contribution in [0.2, 0.25) is 0 Å². The zero-order valence-electron chi connectivity index (χ0n) is 11.4. The van der Waals surface area contributed by atoms with E-state index in [1.807, 2.05) is 25.1 Å². The molecule has 0 spiro atoms. The SMILES string of the molecule is CC(N)C(Cc1ccc(I)cc1)c1cccc(C#N)c1. The van der Waals surface area contributed by atoms with Crippen LogP contribution in [0.3, 0.4) is 0 Å². The molecule has 2 aromatic carbocycles. The summed E-state index contributed by atoms with van der Waals surface area (Å²) in [5.74, 6) is 0.225. The van der Waals surface area contributed by atoms with Crippen LogP contribution in [0.5, 0.6) is 0 Å². The van der Waals surface area contributed by atoms with Crippen molar-refractivity contribution in [1.82, 2.24) is 0 Å². The molecule has 0 aliphatic rings. The second-order valence-electron chi connectivity index (χ2n) is 5.03. The zero-order chi connectivity index (χ0) is 14.5. The van der Waals surface area contributed by atoms with Gasteiger partial charge >= 0.3 is 0 Å². The van der Waals surface area contributed by atoms with Gasteiger partial charge in [-0.1, -0.05) is 24.3 Å². The highest BCUT2D eigenvalue weighted by Gasteiger charge is 2.17. The Hall–Kier alpha value is -1.38. The first-order chi connectivity index (χ1) is 9.60. The lowest BCUT2D eigenvalue weighted by Crippen LogP contribution is -2.26. The van der Waals surface area contributed by atoms with Crippen molar-refractivity contribution in [3.05, 3.63) is 68.8 Å². The highest BCUT2D eigenvalue weighted by atomic mass is 127. The Labute approximate surface area is 133 Å². The Morgan fingerprint density at radius 1 is 1.20 bits per heavy atom. The molecule has 0 heterocycles. The summed E-state index contributed by atoms with van der Waals surface area (Å²) in [5.41, 5.74) is 9.25. The van der Waals surface area contributed by atoms with Gasteiger partial charge in [-0.25, -0.2) is 0 Å². The molecule has 3 heteroatoms. The minimum absolute atomic E-state index is 0.0446. The molecule has 0 aromatic heterocycles. The maximum absolute atomic E-state index is 9.02. The van der Waals surface area contributed by atoms with Crippen LogP contribution in [-0.4, -0.2) is 6.04 Å². The van der Waals surface area contributed by atoms with Crippen LogP contribution in [-0.2, 0) is 6.42 Å². The van der Waals surface area contributed by atoms with E-state index in [9.17, 15) is 0 Å². The lowest BCUT2D eigenvalue weighted by molar-refractivity contribution is 0.565. The average molecular weight is 376 g/mol. The summed E-state index contributed by atoms with van der Waals surface area (Å²) in [5, 5.41) is 9.02. The fraction of sp³-hybridized carbons (Fsp3) is 0.235. The largest absolute Gasteiger partial charge is 0.327 e. The lowest BCUT2D eigenvalue weighted by Gasteiger charge is -2.21. The van der Waals surface area contributed by atoms with Crippen LogP contribution >= 0.6 is 22.6 Å². The van der Waals surface area contributed by atoms with E-state index in [0.717, 1.165) is 12.0 Å². The molecule has 0 bridgehead atoms. The van der Waals surface area contributed by atoms with E-state index >= 15 is 0 Å². The Balaban J connectivity index is 2.27. The van der Waals surface area contributed by atoms with E-state index in [4.69, 9.17) is 11.0 Å². The van der Waals surface area contributed by atoms with Crippen molar-refractivity contribution in [3.8, 4) is 6.07 Å². The van der Waals surface area contributed by atoms with Crippen LogP contribution in [0.1, 0.15) is 29.5 Å². The van der Waals surface area contributed by atoms with Gasteiger partial charge in [-0.05, 0) is 71.3 Å². The molecule has 20 heavy (non-hydrogen) atoms. The number of halogens is 1. The number of nitriles is 1. The number of hydrogen-bond donors (Lipinski definition) is 1. The average Bonchev–Trinajstić information content (AvgIpc) is 2.46. The molecule has 2 unspecified atom stereocenters. The maximum Gasteiger partial charge on any atom is 0.0991 e. The quantitative estimate of drug-likeness (QED) is 0.825. The Kier molecular flexibility index (Phi) is 5.16. The molecule has 2 aromatic rings. The predicted molar refractivity (Wildman–Crippen MR) is 90.4 cm³/mol. The van der Waals surface area contributed by atoms with Gasteiger partial charge in [0, 0.05) is 15.5 Å². The Morgan fingerprint density at radius 2 is 1.90 bits per heavy atom. The van der Waals surface area contributed by atoms with Crippen LogP contribution in [0.25, 0.3) is 0 Å². The smallest absolute Gasteiger partial charge is 0.0991 e. The summed E-state index contributed by atoms with van der Waals surface area (Å²) in [4.78, 5) is 0. The molecule has 0 saturated carbocycles. The van der Waals surface area contributed by atoms with Gasteiger partial charge in [0.1, 0.15) is 0 Å². The molecular weight excluding hydrogens is 359 g/mol. The number of benzene rings is 2. The van der Waals surface area contributed by atoms with Gasteiger partial charge in [-0.15, -0.1) is 0 Å². The van der Waals surface area contributed by atoms with Gasteiger partial charge < -0.3 is 5.73 Å². The maximum atomic E-state index is 9.02. The van der Waals surface area contributed by atoms with Gasteiger partial charge in [-0.3, -0.25) is 0 Å². The van der Waals surface area contributed by atoms with Crippen molar-refractivity contribution in [2.45, 2.75) is 25.3 Å². The molecule has 2 rings (SSSR count). The third-order valence-corrected chi connectivity index (χ3v) is 4.17. The van der Waals surface area contributed by atoms with Crippen molar-refractivity contribution < 1.29 is 0 Å². The standard InChI is InChI=1S/C17H17IN2/c1-12(20)17(10-13-5-7-16(18)8-6-13)15-4-2-3-14(9-15)11-19/h2-9,12,17H,10,20H2,1H3. The molecule has 0 aliphatic heterocycles. The first-order valence-electron chi connectivity index (χ1n) is 6.60. The van der Waals surface area contributed by atoms with E-state index in [1.165, 1.54) is 9.13 Å². The van der Waals surface area contributed by atoms with Crippen molar-refractivity contribution in [3.63, 3.8) is 0 Å². The molecule has 0 saturated heterocycles. The van der Waals surface area contributed by atoms with Gasteiger partial charge in [0.15, 0.2) is 0 Å². The summed E-state index contributed by atoms with van der Waals surface area (Å²) >= 11 is 2.30. The van der Waals surface area contributed by atoms with Crippen LogP contribution in [0.15, 0.2) is 48.5 Å². The summed E-state index contributed by atoms with van der Waals surface area (Å²) in [6.45, 7) is 2.02. The number of nitrogens with zero attached hydrogens (tertiary/aromatic N) is 1. The van der Waals surface area contributed by atoms with E-state index in [1.54, 1.807) is 0 Å². The fourth-order valence-corrected chi connectivity index (χ4v) is 2.68. The summed E-state index contributed by atoms with van der Waals surface area (Å²) < 4.78 is 1.23. The normalized spacial score (nSPS) is 13.5. The fourth-order valence-electron chi connectivity index (χ4n) is 2.32. The summed E-state index contributed by atoms with van der Waals surface area (Å²) in [7, 11) is 0. The van der Waals surface area contributed by atoms with Gasteiger partial charge in [0.2, 0.25) is 0 Å². The topological polar surface area (TPSA) is 49.8 Å². The van der Waals surface area contributed by atoms with Crippen LogP contribution in [0.4, 0.5) is 0 Å². The van der Waals surface area contributed by atoms with E-state index < -0.39 is 0 Å². The Bertz CT molecular complexity index is 612. The molecule has 0 aliphatic carbocycles. The third kappa shape index (κ3) is 3.81. The number of rotatable bonds is 4. The summed E-state index contributed by atoms with van der Waals surface area (Å²) in [6.07, 6.45) is 0.892. The molecular formula is C17H17IN2. The van der Waals surface area contributed by atoms with Crippen molar-refractivity contribution in [1.29, 1.82) is 5.26 Å². The first kappa shape index (κ1) is 15.0. The van der Waals surface area contributed by atoms with Crippen molar-refractivity contribution in [2.24, 2.45) is 5.73 Å². The van der Waals surface area contributed by atoms with Gasteiger partial charge in [-0.2, -0.15) is 5.26 Å². The molecule has 2 nitrogen and oxygen atoms in total. The van der Waals surface area contributed by atoms with E-state index in [0.29, 0.717) is 5.56 Å². The predicted octanol–water partition coefficient (Wildman–Crippen LogP) is 3.84. The molecule has 0 fully saturated rings. The van der Waals surface area contributed by atoms with Crippen LogP contribution < -0.4 is 5.73 Å². The minimum atomic E-state index is 0.0446. The highest BCUT2D eigenvalue weighted by molar-refractivity contribution is 14.1. The lowest BCUT2D eigenvalue weighted by atomic mass is 9.86. The summed E-state index contributed by atoms with van der Waals surface area (Å²) in [6, 6.07) is 18.5. The van der Waals surface area contributed by atoms with E-state index in [-0.39, 0.29) is 12.0 Å². The molecule has 2 atom stereocenters. The van der Waals surface area contributed by atoms with Gasteiger partial charge in [0.05, 0.1) is 11.6 Å². The second kappa shape index (κ2) is 6.87. The van der Waals surface area contributed by atoms with Crippen molar-refractivity contribution >= 4 is 22.6 Å². The van der Waals surface area contributed by atoms with Crippen molar-refractivity contribution in [2.75, 3.05) is 0 Å². The third-order valence-electron chi connectivity index (χ3n) is 3.45. The minimum Gasteiger partial charge on any atom is -0.327 e. The zero-order valence-corrected chi connectivity index (χ0v) is 13.5. The second-order valence-corrected chi connectivity index (χ2v) is 6.28. The van der Waals surface area contributed by atoms with Gasteiger partial charge in [0.25, 0.3) is 0 Å². The van der Waals surface area contributed by atoms with Crippen LogP contribution in [0, 0.1) is 14.9 Å². The molecule has 0 amide bonds. The Morgan fingerprint density at radius 3 is 2.50 bits per heavy atom. The molecule has 2 N–H and O–H groups in total. The highest BCUT2D eigenvalue weighted by Crippen LogP contribution is 2.24. The number of nitrogens with two attached hydrogens (primary N) is 1. The molecule has 0 radical (unpaired) electrons. The van der Waals surface area contributed by atoms with E-state index in [2.05, 4.69) is 59.0 Å². The first-order valence-corrected chi connectivity index (χ1v) is 7.68. The molecule has 102 valence electrons. The number of hydrogen-bond acceptors (Lipinski definition) is 2.